The lowest BCUT2D eigenvalue weighted by Crippen LogP contribution is -2.40. The third-order valence-corrected chi connectivity index (χ3v) is 11.1. The van der Waals surface area contributed by atoms with E-state index in [2.05, 4.69) is 37.4 Å². The highest BCUT2D eigenvalue weighted by molar-refractivity contribution is 7.92. The van der Waals surface area contributed by atoms with Crippen molar-refractivity contribution in [3.8, 4) is 23.0 Å². The van der Waals surface area contributed by atoms with Crippen LogP contribution < -0.4 is 15.4 Å². The first-order valence-electron chi connectivity index (χ1n) is 18.1. The number of sulfonamides is 1. The number of hydrogen-bond donors (Lipinski definition) is 3. The summed E-state index contributed by atoms with van der Waals surface area (Å²) in [5, 5.41) is 13.9. The Kier molecular flexibility index (Phi) is 10.2. The topological polar surface area (TPSA) is 145 Å². The van der Waals surface area contributed by atoms with Crippen molar-refractivity contribution >= 4 is 44.3 Å². The second-order valence-corrected chi connectivity index (χ2v) is 16.7. The van der Waals surface area contributed by atoms with Gasteiger partial charge in [-0.05, 0) is 60.6 Å². The van der Waals surface area contributed by atoms with Crippen molar-refractivity contribution in [1.29, 1.82) is 0 Å². The number of ether oxygens (including phenoxy) is 1. The van der Waals surface area contributed by atoms with Crippen LogP contribution in [-0.2, 0) is 51.7 Å². The van der Waals surface area contributed by atoms with Gasteiger partial charge in [-0.15, -0.1) is 0 Å². The van der Waals surface area contributed by atoms with E-state index in [1.807, 2.05) is 0 Å². The van der Waals surface area contributed by atoms with Crippen LogP contribution in [0.5, 0.6) is 0 Å². The summed E-state index contributed by atoms with van der Waals surface area (Å²) < 4.78 is 136. The average molecular weight is 865 g/mol. The van der Waals surface area contributed by atoms with Crippen molar-refractivity contribution in [3.63, 3.8) is 0 Å². The van der Waals surface area contributed by atoms with Crippen LogP contribution >= 0.6 is 11.6 Å². The summed E-state index contributed by atoms with van der Waals surface area (Å²) in [6.45, 7) is 0.236. The number of carbonyl (C=O) groups excluding carboxylic acids is 1. The number of fused-ring (bicyclic) bond motifs is 4. The summed E-state index contributed by atoms with van der Waals surface area (Å²) in [5.74, 6) is -3.17. The molecule has 2 unspecified atom stereocenters. The fourth-order valence-corrected chi connectivity index (χ4v) is 8.58. The number of benzene rings is 2. The van der Waals surface area contributed by atoms with Crippen molar-refractivity contribution in [3.05, 3.63) is 93.0 Å². The molecule has 3 aromatic heterocycles. The molecule has 3 aliphatic rings. The van der Waals surface area contributed by atoms with Crippen LogP contribution in [0.15, 0.2) is 42.5 Å². The van der Waals surface area contributed by atoms with Crippen LogP contribution in [-0.4, -0.2) is 70.9 Å². The maximum atomic E-state index is 15.4. The van der Waals surface area contributed by atoms with Gasteiger partial charge in [-0.25, -0.2) is 22.2 Å². The van der Waals surface area contributed by atoms with E-state index in [9.17, 15) is 35.2 Å². The molecule has 1 aliphatic heterocycles. The van der Waals surface area contributed by atoms with E-state index in [4.69, 9.17) is 21.3 Å². The normalized spacial score (nSPS) is 20.1. The molecule has 310 valence electrons. The number of pyridine rings is 1. The number of nitrogens with one attached hydrogen (secondary N) is 3. The summed E-state index contributed by atoms with van der Waals surface area (Å²) in [6, 6.07) is 7.11. The molecule has 0 spiro atoms. The fraction of sp³-hybridized carbons (Fsp3) is 0.368. The van der Waals surface area contributed by atoms with Gasteiger partial charge in [-0.3, -0.25) is 24.2 Å². The molecule has 4 heterocycles. The second kappa shape index (κ2) is 14.8. The van der Waals surface area contributed by atoms with Crippen LogP contribution in [0.4, 0.5) is 36.6 Å². The maximum absolute atomic E-state index is 15.4. The summed E-state index contributed by atoms with van der Waals surface area (Å²) in [6.07, 6.45) is -4.67. The van der Waals surface area contributed by atoms with Crippen LogP contribution in [0.25, 0.3) is 22.0 Å². The third kappa shape index (κ3) is 7.95. The first-order valence-corrected chi connectivity index (χ1v) is 20.3. The van der Waals surface area contributed by atoms with Crippen molar-refractivity contribution in [1.82, 2.24) is 35.2 Å². The molecule has 2 aliphatic carbocycles. The third-order valence-electron chi connectivity index (χ3n) is 10.3. The van der Waals surface area contributed by atoms with Crippen LogP contribution in [0, 0.1) is 29.4 Å². The van der Waals surface area contributed by atoms with Crippen LogP contribution in [0.1, 0.15) is 52.3 Å². The summed E-state index contributed by atoms with van der Waals surface area (Å²) in [5.41, 5.74) is -2.00. The maximum Gasteiger partial charge on any atom is 0.435 e. The average Bonchev–Trinajstić information content (AvgIpc) is 3.68. The van der Waals surface area contributed by atoms with Gasteiger partial charge in [0.05, 0.1) is 53.2 Å². The Morgan fingerprint density at radius 1 is 1.12 bits per heavy atom. The molecule has 1 saturated heterocycles. The van der Waals surface area contributed by atoms with E-state index in [0.717, 1.165) is 18.4 Å². The molecule has 5 aromatic rings. The van der Waals surface area contributed by atoms with Gasteiger partial charge >= 0.3 is 6.18 Å². The first-order chi connectivity index (χ1) is 27.8. The smallest absolute Gasteiger partial charge is 0.377 e. The minimum absolute atomic E-state index is 0.0213. The zero-order valence-electron chi connectivity index (χ0n) is 30.9. The minimum atomic E-state index is -5.07. The predicted octanol–water partition coefficient (Wildman–Crippen LogP) is 5.80. The predicted molar refractivity (Wildman–Crippen MR) is 200 cm³/mol. The molecule has 0 radical (unpaired) electrons. The summed E-state index contributed by atoms with van der Waals surface area (Å²) >= 11 is 6.59. The number of hydrogen-bond acceptors (Lipinski definition) is 8. The number of aryl methyl sites for hydroxylation is 1. The highest BCUT2D eigenvalue weighted by Gasteiger charge is 2.68. The van der Waals surface area contributed by atoms with E-state index >= 15 is 8.78 Å². The Labute approximate surface area is 336 Å². The number of amides is 1. The second-order valence-electron chi connectivity index (χ2n) is 14.6. The molecule has 0 bridgehead atoms. The molecule has 21 heteroatoms. The highest BCUT2D eigenvalue weighted by atomic mass is 35.5. The monoisotopic (exact) mass is 864 g/mol. The number of rotatable bonds is 9. The van der Waals surface area contributed by atoms with Crippen molar-refractivity contribution in [2.75, 3.05) is 30.7 Å². The van der Waals surface area contributed by atoms with Crippen molar-refractivity contribution in [2.45, 2.75) is 49.5 Å². The number of anilines is 1. The number of aromatic nitrogens is 5. The minimum Gasteiger partial charge on any atom is -0.377 e. The zero-order valence-corrected chi connectivity index (χ0v) is 32.5. The Morgan fingerprint density at radius 2 is 1.85 bits per heavy atom. The van der Waals surface area contributed by atoms with E-state index in [0.29, 0.717) is 35.0 Å². The highest BCUT2D eigenvalue weighted by Crippen LogP contribution is 2.68. The van der Waals surface area contributed by atoms with Gasteiger partial charge in [0.1, 0.15) is 29.6 Å². The summed E-state index contributed by atoms with van der Waals surface area (Å²) in [7, 11) is -2.32. The van der Waals surface area contributed by atoms with E-state index < -0.39 is 81.0 Å². The van der Waals surface area contributed by atoms with E-state index in [-0.39, 0.29) is 64.2 Å². The zero-order chi connectivity index (χ0) is 42.2. The summed E-state index contributed by atoms with van der Waals surface area (Å²) in [4.78, 5) is 18.8. The molecule has 1 saturated carbocycles. The Morgan fingerprint density at radius 3 is 2.53 bits per heavy atom. The molecule has 8 rings (SSSR count). The number of halogens is 8. The van der Waals surface area contributed by atoms with Gasteiger partial charge in [-0.1, -0.05) is 23.6 Å². The fourth-order valence-electron chi connectivity index (χ4n) is 7.85. The largest absolute Gasteiger partial charge is 0.435 e. The molecule has 1 amide bonds. The Balaban J connectivity index is 1.27. The lowest BCUT2D eigenvalue weighted by molar-refractivity contribution is -0.142. The van der Waals surface area contributed by atoms with Gasteiger partial charge < -0.3 is 10.1 Å². The number of carbonyl (C=O) groups is 1. The molecule has 2 fully saturated rings. The molecule has 4 atom stereocenters. The molecule has 59 heavy (non-hydrogen) atoms. The van der Waals surface area contributed by atoms with E-state index in [1.54, 1.807) is 18.2 Å². The van der Waals surface area contributed by atoms with Crippen LogP contribution in [0.2, 0.25) is 5.02 Å². The molecular formula is C38H32ClF7N8O4S. The molecule has 3 N–H and O–H groups in total. The van der Waals surface area contributed by atoms with Gasteiger partial charge in [-0.2, -0.15) is 32.1 Å². The first kappa shape index (κ1) is 40.5. The van der Waals surface area contributed by atoms with Gasteiger partial charge in [0.2, 0.25) is 15.9 Å². The Bertz CT molecular complexity index is 2680. The van der Waals surface area contributed by atoms with Gasteiger partial charge in [0.25, 0.3) is 5.92 Å². The molecule has 12 nitrogen and oxygen atoms in total. The van der Waals surface area contributed by atoms with Crippen molar-refractivity contribution < 1.29 is 48.7 Å². The standard InChI is InChI=1S/C38H32ClF7N8O4S/c1-53-33-24(7-8-27(39)31(33)36(51-53)52-59(2,56)57)23-6-5-21(3-4-22-17-58-10-9-47-22)48-32(23)28(13-18-11-19(40)14-20(41)12-18)49-29(55)16-54-35-30(34(50-54)38(44,45)46)25-15-26(25)37(35,42)43/h5-8,11-12,14,22,25-26,28,47H,9-10,13,15-17H2,1-2H3,(H,49,55)(H,51,52)/t22?,25-,26+,28?/m0/s1. The SMILES string of the molecule is Cn1nc(NS(C)(=O)=O)c2c(Cl)ccc(-c3ccc(C#CC4COCCN4)nc3C(Cc3cc(F)cc(F)c3)NC(=O)Cn3nc(C(F)(F)F)c4c3C(F)(F)[C@@H]3C[C@H]43)c21. The number of nitrogens with zero attached hydrogens (tertiary/aromatic N) is 5. The van der Waals surface area contributed by atoms with E-state index in [1.165, 1.54) is 17.8 Å². The van der Waals surface area contributed by atoms with Gasteiger partial charge in [0.15, 0.2) is 11.5 Å². The lowest BCUT2D eigenvalue weighted by Gasteiger charge is -2.23. The number of morpholine rings is 1. The quantitative estimate of drug-likeness (QED) is 0.125. The van der Waals surface area contributed by atoms with Crippen LogP contribution in [0.3, 0.4) is 0 Å². The lowest BCUT2D eigenvalue weighted by atomic mass is 9.93. The van der Waals surface area contributed by atoms with Gasteiger partial charge in [0, 0.05) is 42.3 Å². The Hall–Kier alpha value is -5.23. The molecular weight excluding hydrogens is 833 g/mol. The number of alkyl halides is 5. The molecule has 2 aromatic carbocycles. The van der Waals surface area contributed by atoms with Crippen molar-refractivity contribution in [2.24, 2.45) is 13.0 Å².